The lowest BCUT2D eigenvalue weighted by atomic mass is 10.0. The summed E-state index contributed by atoms with van der Waals surface area (Å²) in [6, 6.07) is 12.4. The molecule has 1 heterocycles. The summed E-state index contributed by atoms with van der Waals surface area (Å²) < 4.78 is 4.80. The molecule has 1 aliphatic rings. The minimum Gasteiger partial charge on any atom is -0.469 e. The van der Waals surface area contributed by atoms with Gasteiger partial charge in [-0.05, 0) is 43.0 Å². The molecule has 1 N–H and O–H groups in total. The molecule has 0 aliphatic carbocycles. The van der Waals surface area contributed by atoms with Gasteiger partial charge in [0.1, 0.15) is 6.04 Å². The molecule has 0 unspecified atom stereocenters. The largest absolute Gasteiger partial charge is 0.469 e. The van der Waals surface area contributed by atoms with Gasteiger partial charge >= 0.3 is 5.97 Å². The smallest absolute Gasteiger partial charge is 0.307 e. The molecule has 2 aromatic carbocycles. The lowest BCUT2D eigenvalue weighted by Gasteiger charge is -2.28. The van der Waals surface area contributed by atoms with Gasteiger partial charge in [-0.1, -0.05) is 42.0 Å². The molecule has 0 fully saturated rings. The molecule has 7 nitrogen and oxygen atoms in total. The number of ether oxygens (including phenoxy) is 1. The summed E-state index contributed by atoms with van der Waals surface area (Å²) in [7, 11) is 1.29. The molecule has 2 aromatic rings. The van der Waals surface area contributed by atoms with Crippen LogP contribution in [0.1, 0.15) is 50.7 Å². The van der Waals surface area contributed by atoms with Crippen LogP contribution in [0.2, 0.25) is 0 Å². The Balaban J connectivity index is 1.88. The number of fused-ring (bicyclic) bond motifs is 1. The lowest BCUT2D eigenvalue weighted by molar-refractivity contribution is -0.141. The maximum atomic E-state index is 13.4. The van der Waals surface area contributed by atoms with E-state index in [4.69, 9.17) is 4.74 Å². The topological polar surface area (TPSA) is 92.8 Å². The highest BCUT2D eigenvalue weighted by Gasteiger charge is 2.42. The van der Waals surface area contributed by atoms with E-state index in [0.717, 1.165) is 16.0 Å². The summed E-state index contributed by atoms with van der Waals surface area (Å²) in [4.78, 5) is 52.4. The quantitative estimate of drug-likeness (QED) is 0.462. The van der Waals surface area contributed by atoms with Gasteiger partial charge < -0.3 is 10.1 Å². The van der Waals surface area contributed by atoms with E-state index < -0.39 is 35.8 Å². The molecular weight excluding hydrogens is 428 g/mol. The number of imide groups is 1. The first-order valence-corrected chi connectivity index (χ1v) is 11.7. The van der Waals surface area contributed by atoms with Crippen molar-refractivity contribution in [1.82, 2.24) is 10.2 Å². The van der Waals surface area contributed by atoms with E-state index in [9.17, 15) is 19.2 Å². The number of aryl methyl sites for hydroxylation is 1. The summed E-state index contributed by atoms with van der Waals surface area (Å²) in [5.74, 6) is -1.34. The first kappa shape index (κ1) is 23.5. The van der Waals surface area contributed by atoms with Crippen LogP contribution in [-0.4, -0.2) is 53.8 Å². The molecule has 0 spiro atoms. The van der Waals surface area contributed by atoms with E-state index in [1.807, 2.05) is 37.4 Å². The van der Waals surface area contributed by atoms with Gasteiger partial charge in [0.25, 0.3) is 11.8 Å². The van der Waals surface area contributed by atoms with Crippen LogP contribution in [-0.2, 0) is 14.3 Å². The molecule has 3 amide bonds. The number of methoxy groups -OCH3 is 1. The third kappa shape index (κ3) is 5.02. The fourth-order valence-electron chi connectivity index (χ4n) is 3.67. The maximum Gasteiger partial charge on any atom is 0.307 e. The van der Waals surface area contributed by atoms with Crippen molar-refractivity contribution in [2.75, 3.05) is 19.1 Å². The fraction of sp³-hybridized carbons (Fsp3) is 0.333. The molecule has 1 aliphatic heterocycles. The van der Waals surface area contributed by atoms with Crippen LogP contribution in [0.15, 0.2) is 48.5 Å². The number of thioether (sulfide) groups is 1. The third-order valence-corrected chi connectivity index (χ3v) is 6.07. The summed E-state index contributed by atoms with van der Waals surface area (Å²) in [5, 5.41) is 2.88. The summed E-state index contributed by atoms with van der Waals surface area (Å²) in [5.41, 5.74) is 2.37. The van der Waals surface area contributed by atoms with E-state index in [1.54, 1.807) is 24.3 Å². The predicted molar refractivity (Wildman–Crippen MR) is 122 cm³/mol. The molecule has 0 bridgehead atoms. The molecule has 168 valence electrons. The van der Waals surface area contributed by atoms with E-state index in [0.29, 0.717) is 23.3 Å². The van der Waals surface area contributed by atoms with Crippen LogP contribution in [0.25, 0.3) is 0 Å². The van der Waals surface area contributed by atoms with Gasteiger partial charge in [0.15, 0.2) is 0 Å². The minimum atomic E-state index is -0.986. The van der Waals surface area contributed by atoms with Gasteiger partial charge in [0.05, 0.1) is 30.7 Å². The molecule has 0 saturated heterocycles. The first-order valence-electron chi connectivity index (χ1n) is 10.3. The van der Waals surface area contributed by atoms with E-state index in [-0.39, 0.29) is 6.42 Å². The van der Waals surface area contributed by atoms with Gasteiger partial charge in [-0.3, -0.25) is 24.1 Å². The van der Waals surface area contributed by atoms with Crippen molar-refractivity contribution in [2.45, 2.75) is 31.8 Å². The number of rotatable bonds is 9. The maximum absolute atomic E-state index is 13.4. The zero-order valence-corrected chi connectivity index (χ0v) is 19.1. The third-order valence-electron chi connectivity index (χ3n) is 5.43. The molecule has 0 saturated carbocycles. The standard InChI is InChI=1S/C24H26N2O5S/c1-15-8-10-16(11-9-15)19(14-21(27)31-2)25-22(28)20(12-13-32-3)26-23(29)17-6-4-5-7-18(17)24(26)30/h4-11,19-20H,12-14H2,1-3H3,(H,25,28)/t19-,20-/m0/s1. The molecule has 2 atom stereocenters. The second-order valence-electron chi connectivity index (χ2n) is 7.58. The molecule has 3 rings (SSSR count). The van der Waals surface area contributed by atoms with Crippen molar-refractivity contribution in [3.05, 3.63) is 70.8 Å². The number of esters is 1. The van der Waals surface area contributed by atoms with Crippen molar-refractivity contribution in [3.63, 3.8) is 0 Å². The number of nitrogens with zero attached hydrogens (tertiary/aromatic N) is 1. The van der Waals surface area contributed by atoms with Crippen molar-refractivity contribution in [2.24, 2.45) is 0 Å². The molecule has 32 heavy (non-hydrogen) atoms. The number of amides is 3. The van der Waals surface area contributed by atoms with Gasteiger partial charge in [-0.15, -0.1) is 0 Å². The van der Waals surface area contributed by atoms with Crippen molar-refractivity contribution < 1.29 is 23.9 Å². The van der Waals surface area contributed by atoms with Crippen molar-refractivity contribution in [1.29, 1.82) is 0 Å². The van der Waals surface area contributed by atoms with E-state index >= 15 is 0 Å². The number of hydrogen-bond acceptors (Lipinski definition) is 6. The summed E-state index contributed by atoms with van der Waals surface area (Å²) >= 11 is 1.52. The average Bonchev–Trinajstić information content (AvgIpc) is 3.04. The first-order chi connectivity index (χ1) is 15.4. The van der Waals surface area contributed by atoms with Crippen LogP contribution in [0, 0.1) is 6.92 Å². The minimum absolute atomic E-state index is 0.0668. The average molecular weight is 455 g/mol. The summed E-state index contributed by atoms with van der Waals surface area (Å²) in [6.07, 6.45) is 2.13. The lowest BCUT2D eigenvalue weighted by Crippen LogP contribution is -2.50. The van der Waals surface area contributed by atoms with E-state index in [2.05, 4.69) is 5.32 Å². The van der Waals surface area contributed by atoms with Crippen LogP contribution in [0.4, 0.5) is 0 Å². The SMILES string of the molecule is COC(=O)C[C@H](NC(=O)[C@H](CCSC)N1C(=O)c2ccccc2C1=O)c1ccc(C)cc1. The van der Waals surface area contributed by atoms with Gasteiger partial charge in [-0.2, -0.15) is 11.8 Å². The Morgan fingerprint density at radius 3 is 2.16 bits per heavy atom. The van der Waals surface area contributed by atoms with Gasteiger partial charge in [0, 0.05) is 0 Å². The number of carbonyl (C=O) groups is 4. The Hall–Kier alpha value is -3.13. The highest BCUT2D eigenvalue weighted by molar-refractivity contribution is 7.98. The van der Waals surface area contributed by atoms with Crippen LogP contribution >= 0.6 is 11.8 Å². The Bertz CT molecular complexity index is 986. The number of nitrogens with one attached hydrogen (secondary N) is 1. The van der Waals surface area contributed by atoms with Crippen molar-refractivity contribution in [3.8, 4) is 0 Å². The van der Waals surface area contributed by atoms with Gasteiger partial charge in [-0.25, -0.2) is 0 Å². The molecule has 0 radical (unpaired) electrons. The highest BCUT2D eigenvalue weighted by atomic mass is 32.2. The Labute approximate surface area is 191 Å². The Kier molecular flexibility index (Phi) is 7.69. The predicted octanol–water partition coefficient (Wildman–Crippen LogP) is 3.13. The normalized spacial score (nSPS) is 14.7. The molecule has 8 heteroatoms. The van der Waals surface area contributed by atoms with Crippen LogP contribution in [0.3, 0.4) is 0 Å². The van der Waals surface area contributed by atoms with Crippen molar-refractivity contribution >= 4 is 35.5 Å². The number of hydrogen-bond donors (Lipinski definition) is 1. The zero-order chi connectivity index (χ0) is 23.3. The molecular formula is C24H26N2O5S. The highest BCUT2D eigenvalue weighted by Crippen LogP contribution is 2.27. The number of benzene rings is 2. The van der Waals surface area contributed by atoms with E-state index in [1.165, 1.54) is 18.9 Å². The number of carbonyl (C=O) groups excluding carboxylic acids is 4. The monoisotopic (exact) mass is 454 g/mol. The Morgan fingerprint density at radius 1 is 1.03 bits per heavy atom. The second-order valence-corrected chi connectivity index (χ2v) is 8.56. The Morgan fingerprint density at radius 2 is 1.62 bits per heavy atom. The van der Waals surface area contributed by atoms with Gasteiger partial charge in [0.2, 0.25) is 5.91 Å². The molecule has 0 aromatic heterocycles. The van der Waals surface area contributed by atoms with Crippen LogP contribution < -0.4 is 5.32 Å². The summed E-state index contributed by atoms with van der Waals surface area (Å²) in [6.45, 7) is 1.94. The second kappa shape index (κ2) is 10.5. The fourth-order valence-corrected chi connectivity index (χ4v) is 4.13. The van der Waals surface area contributed by atoms with Crippen LogP contribution in [0.5, 0.6) is 0 Å². The zero-order valence-electron chi connectivity index (χ0n) is 18.3.